The molecule has 0 spiro atoms. The van der Waals surface area contributed by atoms with E-state index in [1.807, 2.05) is 6.07 Å². The summed E-state index contributed by atoms with van der Waals surface area (Å²) in [5.41, 5.74) is 1.36. The van der Waals surface area contributed by atoms with Crippen LogP contribution in [-0.4, -0.2) is 16.7 Å². The normalized spacial score (nSPS) is 10.1. The average Bonchev–Trinajstić information content (AvgIpc) is 2.46. The number of phenols is 1. The van der Waals surface area contributed by atoms with E-state index < -0.39 is 0 Å². The van der Waals surface area contributed by atoms with Crippen LogP contribution in [0.5, 0.6) is 5.75 Å². The van der Waals surface area contributed by atoms with Crippen molar-refractivity contribution >= 4 is 11.6 Å². The van der Waals surface area contributed by atoms with Gasteiger partial charge in [-0.15, -0.1) is 0 Å². The summed E-state index contributed by atoms with van der Waals surface area (Å²) in [6.45, 7) is 5.17. The second-order valence-electron chi connectivity index (χ2n) is 4.54. The molecule has 0 aliphatic heterocycles. The number of carbonyl (C=O) groups is 2. The van der Waals surface area contributed by atoms with Crippen LogP contribution in [0.3, 0.4) is 0 Å². The molecule has 0 radical (unpaired) electrons. The van der Waals surface area contributed by atoms with Gasteiger partial charge in [-0.25, -0.2) is 0 Å². The van der Waals surface area contributed by atoms with Gasteiger partial charge in [0.1, 0.15) is 5.75 Å². The molecule has 3 heteroatoms. The van der Waals surface area contributed by atoms with Crippen LogP contribution in [0.15, 0.2) is 60.7 Å². The van der Waals surface area contributed by atoms with E-state index >= 15 is 0 Å². The van der Waals surface area contributed by atoms with Crippen molar-refractivity contribution < 1.29 is 14.7 Å². The first kappa shape index (κ1) is 13.7. The average molecular weight is 266 g/mol. The third-order valence-corrected chi connectivity index (χ3v) is 2.93. The molecule has 0 heterocycles. The van der Waals surface area contributed by atoms with Crippen molar-refractivity contribution in [2.24, 2.45) is 0 Å². The number of ketones is 2. The Kier molecular flexibility index (Phi) is 3.80. The maximum Gasteiger partial charge on any atom is 0.196 e. The molecule has 1 N–H and O–H groups in total. The molecular weight excluding hydrogens is 252 g/mol. The van der Waals surface area contributed by atoms with Crippen LogP contribution in [0.25, 0.3) is 0 Å². The van der Waals surface area contributed by atoms with E-state index in [9.17, 15) is 14.7 Å². The topological polar surface area (TPSA) is 54.4 Å². The molecule has 0 atom stereocenters. The third-order valence-electron chi connectivity index (χ3n) is 2.93. The molecular formula is C17H14O3. The van der Waals surface area contributed by atoms with E-state index in [4.69, 9.17) is 0 Å². The van der Waals surface area contributed by atoms with E-state index in [0.29, 0.717) is 16.7 Å². The molecule has 0 saturated heterocycles. The Morgan fingerprint density at radius 1 is 1.00 bits per heavy atom. The predicted molar refractivity (Wildman–Crippen MR) is 77.1 cm³/mol. The second kappa shape index (κ2) is 5.53. The molecule has 2 aromatic carbocycles. The Labute approximate surface area is 117 Å². The van der Waals surface area contributed by atoms with Gasteiger partial charge >= 0.3 is 0 Å². The highest BCUT2D eigenvalue weighted by atomic mass is 16.3. The molecule has 3 nitrogen and oxygen atoms in total. The Morgan fingerprint density at radius 3 is 2.20 bits per heavy atom. The minimum atomic E-state index is -0.280. The predicted octanol–water partition coefficient (Wildman–Crippen LogP) is 3.38. The number of aromatic hydroxyl groups is 1. The zero-order valence-electron chi connectivity index (χ0n) is 11.1. The quantitative estimate of drug-likeness (QED) is 0.681. The number of allylic oxidation sites excluding steroid dienone is 1. The maximum atomic E-state index is 12.2. The molecule has 2 rings (SSSR count). The number of Topliss-reactive ketones (excluding diaryl/α,β-unsaturated/α-hetero) is 1. The SMILES string of the molecule is C=C(C)C(=O)c1ccc(C(=O)c2ccccc2)c(O)c1. The van der Waals surface area contributed by atoms with Crippen molar-refractivity contribution in [3.63, 3.8) is 0 Å². The van der Waals surface area contributed by atoms with Gasteiger partial charge in [0.05, 0.1) is 5.56 Å². The molecule has 2 aromatic rings. The van der Waals surface area contributed by atoms with Crippen molar-refractivity contribution in [1.29, 1.82) is 0 Å². The van der Waals surface area contributed by atoms with Gasteiger partial charge in [-0.05, 0) is 24.6 Å². The summed E-state index contributed by atoms with van der Waals surface area (Å²) in [5, 5.41) is 9.95. The van der Waals surface area contributed by atoms with Crippen LogP contribution in [0, 0.1) is 0 Å². The summed E-state index contributed by atoms with van der Waals surface area (Å²) >= 11 is 0. The summed E-state index contributed by atoms with van der Waals surface area (Å²) in [7, 11) is 0. The van der Waals surface area contributed by atoms with Crippen molar-refractivity contribution in [1.82, 2.24) is 0 Å². The smallest absolute Gasteiger partial charge is 0.196 e. The highest BCUT2D eigenvalue weighted by Gasteiger charge is 2.15. The maximum absolute atomic E-state index is 12.2. The molecule has 0 amide bonds. The van der Waals surface area contributed by atoms with E-state index in [2.05, 4.69) is 6.58 Å². The molecule has 0 aliphatic carbocycles. The molecule has 0 fully saturated rings. The van der Waals surface area contributed by atoms with E-state index in [1.165, 1.54) is 18.2 Å². The van der Waals surface area contributed by atoms with Gasteiger partial charge in [-0.1, -0.05) is 43.0 Å². The minimum Gasteiger partial charge on any atom is -0.507 e. The third kappa shape index (κ3) is 2.67. The number of phenolic OH excluding ortho intramolecular Hbond substituents is 1. The molecule has 0 aromatic heterocycles. The Morgan fingerprint density at radius 2 is 1.65 bits per heavy atom. The molecule has 0 unspecified atom stereocenters. The lowest BCUT2D eigenvalue weighted by Crippen LogP contribution is -2.04. The van der Waals surface area contributed by atoms with Gasteiger partial charge in [-0.3, -0.25) is 9.59 Å². The second-order valence-corrected chi connectivity index (χ2v) is 4.54. The minimum absolute atomic E-state index is 0.175. The zero-order chi connectivity index (χ0) is 14.7. The van der Waals surface area contributed by atoms with E-state index in [0.717, 1.165) is 0 Å². The van der Waals surface area contributed by atoms with Crippen LogP contribution in [0.4, 0.5) is 0 Å². The lowest BCUT2D eigenvalue weighted by Gasteiger charge is -2.06. The van der Waals surface area contributed by atoms with Gasteiger partial charge in [0, 0.05) is 11.1 Å². The fourth-order valence-corrected chi connectivity index (χ4v) is 1.86. The lowest BCUT2D eigenvalue weighted by atomic mass is 9.98. The Bertz CT molecular complexity index is 685. The molecule has 0 saturated carbocycles. The van der Waals surface area contributed by atoms with Gasteiger partial charge in [-0.2, -0.15) is 0 Å². The first-order valence-electron chi connectivity index (χ1n) is 6.13. The lowest BCUT2D eigenvalue weighted by molar-refractivity contribution is 0.102. The molecule has 100 valence electrons. The summed E-state index contributed by atoms with van der Waals surface area (Å²) in [6, 6.07) is 12.9. The van der Waals surface area contributed by atoms with Crippen molar-refractivity contribution in [2.45, 2.75) is 6.92 Å². The summed E-state index contributed by atoms with van der Waals surface area (Å²) < 4.78 is 0. The van der Waals surface area contributed by atoms with Gasteiger partial charge in [0.2, 0.25) is 0 Å². The van der Waals surface area contributed by atoms with Gasteiger partial charge in [0.15, 0.2) is 11.6 Å². The monoisotopic (exact) mass is 266 g/mol. The molecule has 0 aliphatic rings. The highest BCUT2D eigenvalue weighted by Crippen LogP contribution is 2.23. The van der Waals surface area contributed by atoms with Crippen LogP contribution >= 0.6 is 0 Å². The Hall–Kier alpha value is -2.68. The van der Waals surface area contributed by atoms with Gasteiger partial charge < -0.3 is 5.11 Å². The Balaban J connectivity index is 2.38. The van der Waals surface area contributed by atoms with Crippen LogP contribution in [-0.2, 0) is 0 Å². The summed E-state index contributed by atoms with van der Waals surface area (Å²) in [4.78, 5) is 24.0. The van der Waals surface area contributed by atoms with Crippen molar-refractivity contribution in [3.05, 3.63) is 77.4 Å². The number of benzene rings is 2. The van der Waals surface area contributed by atoms with Crippen LogP contribution in [0.2, 0.25) is 0 Å². The number of hydrogen-bond donors (Lipinski definition) is 1. The zero-order valence-corrected chi connectivity index (χ0v) is 11.1. The van der Waals surface area contributed by atoms with E-state index in [-0.39, 0.29) is 22.9 Å². The van der Waals surface area contributed by atoms with Crippen LogP contribution in [0.1, 0.15) is 33.2 Å². The van der Waals surface area contributed by atoms with Crippen LogP contribution < -0.4 is 0 Å². The first-order chi connectivity index (χ1) is 9.50. The standard InChI is InChI=1S/C17H14O3/c1-11(2)16(19)13-8-9-14(15(18)10-13)17(20)12-6-4-3-5-7-12/h3-10,18H,1H2,2H3. The fraction of sp³-hybridized carbons (Fsp3) is 0.0588. The molecule has 20 heavy (non-hydrogen) atoms. The fourth-order valence-electron chi connectivity index (χ4n) is 1.86. The van der Waals surface area contributed by atoms with Crippen molar-refractivity contribution in [2.75, 3.05) is 0 Å². The largest absolute Gasteiger partial charge is 0.507 e. The summed E-state index contributed by atoms with van der Waals surface area (Å²) in [6.07, 6.45) is 0. The number of hydrogen-bond acceptors (Lipinski definition) is 3. The molecule has 0 bridgehead atoms. The number of rotatable bonds is 4. The number of carbonyl (C=O) groups excluding carboxylic acids is 2. The van der Waals surface area contributed by atoms with E-state index in [1.54, 1.807) is 31.2 Å². The van der Waals surface area contributed by atoms with Crippen molar-refractivity contribution in [3.8, 4) is 5.75 Å². The highest BCUT2D eigenvalue weighted by molar-refractivity contribution is 6.12. The first-order valence-corrected chi connectivity index (χ1v) is 6.13. The van der Waals surface area contributed by atoms with Gasteiger partial charge in [0.25, 0.3) is 0 Å². The summed E-state index contributed by atoms with van der Waals surface area (Å²) in [5.74, 6) is -0.734.